The fraction of sp³-hybridized carbons (Fsp3) is 0.279. The number of carboxylic acids is 2. The number of allylic oxidation sites excluding steroid dienone is 4. The third-order valence-electron chi connectivity index (χ3n) is 10.2. The zero-order valence-corrected chi connectivity index (χ0v) is 28.8. The number of carbonyl (C=O) groups is 2. The fourth-order valence-corrected chi connectivity index (χ4v) is 7.84. The first kappa shape index (κ1) is 33.7. The Morgan fingerprint density at radius 1 is 0.735 bits per heavy atom. The summed E-state index contributed by atoms with van der Waals surface area (Å²) >= 11 is 0. The van der Waals surface area contributed by atoms with Gasteiger partial charge in [0.1, 0.15) is 6.42 Å². The Morgan fingerprint density at radius 2 is 1.31 bits per heavy atom. The van der Waals surface area contributed by atoms with Gasteiger partial charge >= 0.3 is 11.9 Å². The van der Waals surface area contributed by atoms with Gasteiger partial charge in [-0.2, -0.15) is 4.58 Å². The quantitative estimate of drug-likeness (QED) is 0.150. The normalized spacial score (nSPS) is 20.7. The third kappa shape index (κ3) is 6.73. The Kier molecular flexibility index (Phi) is 9.42. The number of aryl methyl sites for hydroxylation is 2. The van der Waals surface area contributed by atoms with Crippen LogP contribution < -0.4 is 4.90 Å². The Hall–Kier alpha value is -5.23. The molecule has 2 N–H and O–H groups in total. The molecule has 2 aliphatic heterocycles. The lowest BCUT2D eigenvalue weighted by molar-refractivity contribution is -0.436. The average molecular weight is 654 g/mol. The monoisotopic (exact) mass is 653 g/mol. The molecule has 2 aliphatic rings. The maximum absolute atomic E-state index is 11.9. The number of hydrogen-bond acceptors (Lipinski definition) is 3. The molecule has 0 saturated heterocycles. The predicted molar refractivity (Wildman–Crippen MR) is 196 cm³/mol. The summed E-state index contributed by atoms with van der Waals surface area (Å²) in [4.78, 5) is 25.9. The second-order valence-corrected chi connectivity index (χ2v) is 13.9. The van der Waals surface area contributed by atoms with Crippen molar-refractivity contribution in [1.82, 2.24) is 0 Å². The second-order valence-electron chi connectivity index (χ2n) is 13.9. The molecular weight excluding hydrogens is 608 g/mol. The molecule has 0 spiro atoms. The fourth-order valence-electron chi connectivity index (χ4n) is 7.84. The van der Waals surface area contributed by atoms with Gasteiger partial charge in [-0.3, -0.25) is 9.59 Å². The van der Waals surface area contributed by atoms with Crippen LogP contribution in [0.15, 0.2) is 121 Å². The van der Waals surface area contributed by atoms with Crippen molar-refractivity contribution in [2.45, 2.75) is 64.2 Å². The number of fused-ring (bicyclic) bond motifs is 2. The van der Waals surface area contributed by atoms with Crippen LogP contribution in [0.2, 0.25) is 0 Å². The van der Waals surface area contributed by atoms with Gasteiger partial charge < -0.3 is 15.1 Å². The molecule has 4 aromatic carbocycles. The minimum Gasteiger partial charge on any atom is -0.481 e. The molecule has 6 nitrogen and oxygen atoms in total. The van der Waals surface area contributed by atoms with Crippen molar-refractivity contribution in [3.8, 4) is 0 Å². The lowest BCUT2D eigenvalue weighted by Crippen LogP contribution is -2.34. The van der Waals surface area contributed by atoms with Crippen molar-refractivity contribution >= 4 is 29.0 Å². The van der Waals surface area contributed by atoms with Crippen molar-refractivity contribution in [2.75, 3.05) is 18.0 Å². The highest BCUT2D eigenvalue weighted by atomic mass is 16.4. The molecule has 0 fully saturated rings. The van der Waals surface area contributed by atoms with Gasteiger partial charge in [0.15, 0.2) is 12.3 Å². The van der Waals surface area contributed by atoms with E-state index in [1.165, 1.54) is 22.3 Å². The minimum absolute atomic E-state index is 0.0138. The summed E-state index contributed by atoms with van der Waals surface area (Å²) in [5.41, 5.74) is 10.5. The van der Waals surface area contributed by atoms with Crippen LogP contribution in [-0.2, 0) is 33.3 Å². The topological polar surface area (TPSA) is 80.9 Å². The highest BCUT2D eigenvalue weighted by Crippen LogP contribution is 2.50. The van der Waals surface area contributed by atoms with Gasteiger partial charge in [0.25, 0.3) is 0 Å². The molecule has 6 heteroatoms. The van der Waals surface area contributed by atoms with E-state index in [9.17, 15) is 19.8 Å². The van der Waals surface area contributed by atoms with E-state index in [1.807, 2.05) is 12.1 Å². The minimum atomic E-state index is -0.833. The van der Waals surface area contributed by atoms with Crippen LogP contribution >= 0.6 is 0 Å². The molecule has 2 atom stereocenters. The zero-order chi connectivity index (χ0) is 34.8. The van der Waals surface area contributed by atoms with Crippen molar-refractivity contribution in [3.05, 3.63) is 154 Å². The van der Waals surface area contributed by atoms with Crippen molar-refractivity contribution < 1.29 is 24.4 Å². The molecule has 0 amide bonds. The molecule has 0 bridgehead atoms. The van der Waals surface area contributed by atoms with Crippen LogP contribution in [0.25, 0.3) is 0 Å². The number of rotatable bonds is 12. The van der Waals surface area contributed by atoms with Crippen molar-refractivity contribution in [2.24, 2.45) is 0 Å². The Labute approximate surface area is 289 Å². The Morgan fingerprint density at radius 3 is 1.92 bits per heavy atom. The summed E-state index contributed by atoms with van der Waals surface area (Å²) in [7, 11) is 0. The molecule has 49 heavy (non-hydrogen) atoms. The van der Waals surface area contributed by atoms with E-state index in [1.54, 1.807) is 0 Å². The van der Waals surface area contributed by atoms with Crippen LogP contribution in [0.5, 0.6) is 0 Å². The molecular formula is C43H45N2O4+. The standard InChI is InChI=1S/C43H44N2O4/c1-30-18-20-36-34(26-30)42(3,28-32-12-7-5-8-13-32)38(44(36)24-22-40(46)47)16-11-17-39-43(4,29-33-14-9-6-10-15-33)35-27-31(2)19-21-37(35)45(39)25-23-41(48)49/h5-21,26-27H,22-25,28-29H2,1-4H3,(H-,46,47,48,49)/p+1. The van der Waals surface area contributed by atoms with Crippen molar-refractivity contribution in [1.29, 1.82) is 0 Å². The van der Waals surface area contributed by atoms with Crippen LogP contribution in [0, 0.1) is 13.8 Å². The lowest BCUT2D eigenvalue weighted by atomic mass is 9.74. The molecule has 2 unspecified atom stereocenters. The molecule has 250 valence electrons. The molecule has 2 heterocycles. The molecule has 6 rings (SSSR count). The van der Waals surface area contributed by atoms with Gasteiger partial charge in [0.05, 0.1) is 11.8 Å². The van der Waals surface area contributed by atoms with Crippen LogP contribution in [0.4, 0.5) is 11.4 Å². The summed E-state index contributed by atoms with van der Waals surface area (Å²) in [6.07, 6.45) is 7.94. The number of hydrogen-bond donors (Lipinski definition) is 2. The molecule has 0 aromatic heterocycles. The third-order valence-corrected chi connectivity index (χ3v) is 10.2. The summed E-state index contributed by atoms with van der Waals surface area (Å²) in [6.45, 7) is 9.43. The van der Waals surface area contributed by atoms with E-state index in [-0.39, 0.29) is 12.8 Å². The van der Waals surface area contributed by atoms with Crippen LogP contribution in [-0.4, -0.2) is 45.5 Å². The van der Waals surface area contributed by atoms with E-state index >= 15 is 0 Å². The van der Waals surface area contributed by atoms with E-state index in [2.05, 4.69) is 140 Å². The van der Waals surface area contributed by atoms with E-state index in [0.29, 0.717) is 13.1 Å². The summed E-state index contributed by atoms with van der Waals surface area (Å²) in [5, 5.41) is 19.5. The molecule has 0 aliphatic carbocycles. The average Bonchev–Trinajstić information content (AvgIpc) is 3.43. The van der Waals surface area contributed by atoms with Gasteiger partial charge in [0.2, 0.25) is 5.69 Å². The molecule has 4 aromatic rings. The number of anilines is 1. The largest absolute Gasteiger partial charge is 0.481 e. The highest BCUT2D eigenvalue weighted by molar-refractivity contribution is 6.04. The van der Waals surface area contributed by atoms with E-state index in [0.717, 1.165) is 46.8 Å². The summed E-state index contributed by atoms with van der Waals surface area (Å²) in [6, 6.07) is 33.8. The first-order chi connectivity index (χ1) is 23.5. The summed E-state index contributed by atoms with van der Waals surface area (Å²) in [5.74, 6) is -1.67. The number of carboxylic acid groups (broad SMARTS) is 2. The smallest absolute Gasteiger partial charge is 0.309 e. The van der Waals surface area contributed by atoms with Gasteiger partial charge in [-0.1, -0.05) is 96.1 Å². The number of benzene rings is 4. The number of aliphatic carboxylic acids is 2. The van der Waals surface area contributed by atoms with Crippen LogP contribution in [0.3, 0.4) is 0 Å². The Balaban J connectivity index is 1.50. The highest BCUT2D eigenvalue weighted by Gasteiger charge is 2.48. The Bertz CT molecular complexity index is 1980. The SMILES string of the molecule is Cc1ccc2c(c1)C(C)(Cc1ccccc1)C(/C=C/C=C1\N(CCC(=O)O)c3ccc(C)cc3C1(C)Cc1ccccc1)=[N+]2CCC(=O)O. The maximum atomic E-state index is 11.9. The van der Waals surface area contributed by atoms with Gasteiger partial charge in [0, 0.05) is 41.1 Å². The maximum Gasteiger partial charge on any atom is 0.309 e. The van der Waals surface area contributed by atoms with Gasteiger partial charge in [-0.15, -0.1) is 0 Å². The van der Waals surface area contributed by atoms with Crippen molar-refractivity contribution in [3.63, 3.8) is 0 Å². The van der Waals surface area contributed by atoms with Crippen LogP contribution in [0.1, 0.15) is 60.1 Å². The first-order valence-electron chi connectivity index (χ1n) is 17.0. The molecule has 0 radical (unpaired) electrons. The first-order valence-corrected chi connectivity index (χ1v) is 17.0. The van der Waals surface area contributed by atoms with E-state index < -0.39 is 22.8 Å². The molecule has 0 saturated carbocycles. The number of nitrogens with zero attached hydrogens (tertiary/aromatic N) is 2. The predicted octanol–water partition coefficient (Wildman–Crippen LogP) is 8.31. The zero-order valence-electron chi connectivity index (χ0n) is 28.8. The van der Waals surface area contributed by atoms with Gasteiger partial charge in [-0.05, 0) is 75.4 Å². The lowest BCUT2D eigenvalue weighted by Gasteiger charge is -2.30. The van der Waals surface area contributed by atoms with E-state index in [4.69, 9.17) is 0 Å². The second kappa shape index (κ2) is 13.7. The van der Waals surface area contributed by atoms with Gasteiger partial charge in [-0.25, -0.2) is 0 Å². The summed E-state index contributed by atoms with van der Waals surface area (Å²) < 4.78 is 2.18.